The summed E-state index contributed by atoms with van der Waals surface area (Å²) in [5.41, 5.74) is 4.64. The van der Waals surface area contributed by atoms with Crippen molar-refractivity contribution >= 4 is 29.4 Å². The molecule has 0 saturated heterocycles. The van der Waals surface area contributed by atoms with E-state index in [0.29, 0.717) is 40.3 Å². The molecule has 178 valence electrons. The van der Waals surface area contributed by atoms with Crippen LogP contribution in [0.1, 0.15) is 55.5 Å². The fourth-order valence-corrected chi connectivity index (χ4v) is 2.65. The van der Waals surface area contributed by atoms with E-state index >= 15 is 0 Å². The third kappa shape index (κ3) is 13.9. The second-order valence-corrected chi connectivity index (χ2v) is 6.94. The molecule has 32 heavy (non-hydrogen) atoms. The number of nitrogens with zero attached hydrogens (tertiary/aromatic N) is 2. The highest BCUT2D eigenvalue weighted by atomic mass is 16.3. The highest BCUT2D eigenvalue weighted by molar-refractivity contribution is 6.14. The van der Waals surface area contributed by atoms with Crippen LogP contribution in [0.2, 0.25) is 0 Å². The van der Waals surface area contributed by atoms with E-state index in [1.54, 1.807) is 19.2 Å². The molecule has 0 spiro atoms. The van der Waals surface area contributed by atoms with Gasteiger partial charge < -0.3 is 16.5 Å². The van der Waals surface area contributed by atoms with Crippen LogP contribution in [-0.4, -0.2) is 33.1 Å². The molecule has 0 heterocycles. The average Bonchev–Trinajstić information content (AvgIpc) is 2.79. The van der Waals surface area contributed by atoms with Gasteiger partial charge in [0.05, 0.1) is 17.2 Å². The van der Waals surface area contributed by atoms with E-state index in [2.05, 4.69) is 53.1 Å². The van der Waals surface area contributed by atoms with Crippen LogP contribution in [-0.2, 0) is 0 Å². The quantitative estimate of drug-likeness (QED) is 0.0617. The summed E-state index contributed by atoms with van der Waals surface area (Å²) in [6, 6.07) is 3.11. The maximum absolute atomic E-state index is 11.1. The maximum atomic E-state index is 11.1. The van der Waals surface area contributed by atoms with E-state index in [1.807, 2.05) is 20.0 Å². The molecule has 0 radical (unpaired) electrons. The molecule has 0 fully saturated rings. The summed E-state index contributed by atoms with van der Waals surface area (Å²) in [7, 11) is 3.69. The first-order valence-corrected chi connectivity index (χ1v) is 10.6. The zero-order chi connectivity index (χ0) is 24.8. The molecule has 8 nitrogen and oxygen atoms in total. The third-order valence-corrected chi connectivity index (χ3v) is 4.28. The number of benzene rings is 1. The Morgan fingerprint density at radius 3 is 2.34 bits per heavy atom. The molecule has 0 saturated carbocycles. The van der Waals surface area contributed by atoms with Crippen molar-refractivity contribution in [3.05, 3.63) is 60.1 Å². The van der Waals surface area contributed by atoms with Gasteiger partial charge in [-0.25, -0.2) is 5.43 Å². The lowest BCUT2D eigenvalue weighted by Crippen LogP contribution is -2.07. The predicted octanol–water partition coefficient (Wildman–Crippen LogP) is 5.37. The number of nitroso groups, excluding NO2 is 1. The monoisotopic (exact) mass is 444 g/mol. The summed E-state index contributed by atoms with van der Waals surface area (Å²) in [4.78, 5) is 21.2. The van der Waals surface area contributed by atoms with Crippen molar-refractivity contribution < 1.29 is 4.79 Å². The summed E-state index contributed by atoms with van der Waals surface area (Å²) < 4.78 is 0. The van der Waals surface area contributed by atoms with Gasteiger partial charge in [-0.1, -0.05) is 38.5 Å². The van der Waals surface area contributed by atoms with Crippen molar-refractivity contribution in [2.75, 3.05) is 31.4 Å². The van der Waals surface area contributed by atoms with E-state index in [0.717, 1.165) is 6.54 Å². The van der Waals surface area contributed by atoms with Crippen molar-refractivity contribution in [2.45, 2.75) is 39.5 Å². The zero-order valence-electron chi connectivity index (χ0n) is 20.0. The number of aldehydes is 1. The average molecular weight is 445 g/mol. The van der Waals surface area contributed by atoms with Gasteiger partial charge in [-0.05, 0) is 57.0 Å². The van der Waals surface area contributed by atoms with Crippen LogP contribution in [0.4, 0.5) is 11.4 Å². The van der Waals surface area contributed by atoms with Gasteiger partial charge in [0.25, 0.3) is 0 Å². The minimum atomic E-state index is 0.345. The Kier molecular flexibility index (Phi) is 20.3. The molecule has 1 aromatic rings. The first kappa shape index (κ1) is 30.9. The minimum absolute atomic E-state index is 0.345. The van der Waals surface area contributed by atoms with E-state index in [4.69, 9.17) is 5.84 Å². The van der Waals surface area contributed by atoms with Crippen LogP contribution >= 0.6 is 0 Å². The molecule has 0 aromatic heterocycles. The van der Waals surface area contributed by atoms with Gasteiger partial charge in [-0.15, -0.1) is 18.1 Å². The highest BCUT2D eigenvalue weighted by Gasteiger charge is 2.12. The van der Waals surface area contributed by atoms with Crippen LogP contribution in [0.25, 0.3) is 5.57 Å². The minimum Gasteiger partial charge on any atom is -0.388 e. The van der Waals surface area contributed by atoms with Crippen molar-refractivity contribution in [2.24, 2.45) is 22.1 Å². The van der Waals surface area contributed by atoms with Crippen molar-refractivity contribution in [1.82, 2.24) is 5.32 Å². The number of nitrogens with one attached hydrogen (secondary N) is 3. The smallest absolute Gasteiger partial charge is 0.150 e. The van der Waals surface area contributed by atoms with Gasteiger partial charge >= 0.3 is 0 Å². The second kappa shape index (κ2) is 21.0. The lowest BCUT2D eigenvalue weighted by molar-refractivity contribution is 0.112. The topological polar surface area (TPSA) is 121 Å². The number of carbonyl (C=O) groups is 1. The number of unbranched alkanes of at least 4 members (excludes halogenated alkanes) is 2. The molecule has 1 aromatic carbocycles. The Morgan fingerprint density at radius 1 is 1.22 bits per heavy atom. The number of hydrogen-bond donors (Lipinski definition) is 4. The summed E-state index contributed by atoms with van der Waals surface area (Å²) in [6.07, 6.45) is 11.1. The molecule has 5 N–H and O–H groups in total. The fourth-order valence-electron chi connectivity index (χ4n) is 2.65. The van der Waals surface area contributed by atoms with Gasteiger partial charge in [-0.2, -0.15) is 5.10 Å². The Morgan fingerprint density at radius 2 is 1.88 bits per heavy atom. The molecular formula is C24H40N6O2. The molecule has 0 amide bonds. The molecule has 8 heteroatoms. The lowest BCUT2D eigenvalue weighted by Gasteiger charge is -2.13. The predicted molar refractivity (Wildman–Crippen MR) is 140 cm³/mol. The lowest BCUT2D eigenvalue weighted by atomic mass is 9.99. The van der Waals surface area contributed by atoms with Crippen LogP contribution in [0.3, 0.4) is 0 Å². The molecular weight excluding hydrogens is 404 g/mol. The fraction of sp³-hybridized carbons (Fsp3) is 0.417. The number of hydrazone groups is 1. The van der Waals surface area contributed by atoms with E-state index in [-0.39, 0.29) is 0 Å². The van der Waals surface area contributed by atoms with Crippen molar-refractivity contribution in [3.63, 3.8) is 0 Å². The highest BCUT2D eigenvalue weighted by Crippen LogP contribution is 2.29. The number of anilines is 2. The molecule has 1 unspecified atom stereocenters. The largest absolute Gasteiger partial charge is 0.388 e. The van der Waals surface area contributed by atoms with E-state index in [9.17, 15) is 9.70 Å². The molecule has 0 bridgehead atoms. The third-order valence-electron chi connectivity index (χ3n) is 4.28. The maximum Gasteiger partial charge on any atom is 0.150 e. The number of rotatable bonds is 13. The molecule has 0 aliphatic carbocycles. The standard InChI is InChI=1S/C11H13N5O2.C10H21N.C3H6/c1-7(5-14-12)11-8(6-17)3-9(15-16-18)4-10(11)13-2;1-4-10(2)8-6-5-7-9-11-3;1-3-2/h3-6,13H,1,12H2,2H3,(H,15,18);4,10-11H,1,5-9H2,2-3H3;3H,1H2,2H3/b14-5-;;. The summed E-state index contributed by atoms with van der Waals surface area (Å²) in [5, 5.41) is 12.0. The Balaban J connectivity index is 0. The van der Waals surface area contributed by atoms with Crippen molar-refractivity contribution in [3.8, 4) is 0 Å². The summed E-state index contributed by atoms with van der Waals surface area (Å²) >= 11 is 0. The molecule has 0 aliphatic rings. The Bertz CT molecular complexity index is 731. The van der Waals surface area contributed by atoms with E-state index < -0.39 is 0 Å². The van der Waals surface area contributed by atoms with E-state index in [1.165, 1.54) is 38.0 Å². The Hall–Kier alpha value is -3.26. The molecule has 1 rings (SSSR count). The number of allylic oxidation sites excluding steroid dienone is 3. The summed E-state index contributed by atoms with van der Waals surface area (Å²) in [5.74, 6) is 5.76. The van der Waals surface area contributed by atoms with Crippen LogP contribution in [0.5, 0.6) is 0 Å². The van der Waals surface area contributed by atoms with Gasteiger partial charge in [0.15, 0.2) is 6.29 Å². The van der Waals surface area contributed by atoms with Crippen LogP contribution in [0, 0.1) is 10.8 Å². The van der Waals surface area contributed by atoms with Crippen LogP contribution < -0.4 is 21.9 Å². The first-order chi connectivity index (χ1) is 15.4. The normalized spacial score (nSPS) is 10.5. The van der Waals surface area contributed by atoms with Gasteiger partial charge in [-0.3, -0.25) is 4.79 Å². The van der Waals surface area contributed by atoms with Gasteiger partial charge in [0.1, 0.15) is 0 Å². The van der Waals surface area contributed by atoms with Crippen molar-refractivity contribution in [1.29, 1.82) is 0 Å². The zero-order valence-corrected chi connectivity index (χ0v) is 20.0. The SMILES string of the molecule is C=C(/C=N\N)c1c(C=O)cc(NN=O)cc1NC.C=CC.C=CC(C)CCCCCNC. The van der Waals surface area contributed by atoms with Crippen LogP contribution in [0.15, 0.2) is 54.4 Å². The number of carbonyl (C=O) groups excluding carboxylic acids is 1. The molecule has 1 atom stereocenters. The number of hydrogen-bond acceptors (Lipinski definition) is 7. The molecule has 0 aliphatic heterocycles. The van der Waals surface area contributed by atoms with Gasteiger partial charge in [0, 0.05) is 23.9 Å². The second-order valence-electron chi connectivity index (χ2n) is 6.94. The summed E-state index contributed by atoms with van der Waals surface area (Å²) in [6.45, 7) is 16.2. The Labute approximate surface area is 193 Å². The van der Waals surface area contributed by atoms with Gasteiger partial charge in [0.2, 0.25) is 0 Å². The number of nitrogens with two attached hydrogens (primary N) is 1. The first-order valence-electron chi connectivity index (χ1n) is 10.6.